The van der Waals surface area contributed by atoms with Gasteiger partial charge in [-0.1, -0.05) is 67.2 Å². The molecule has 0 aliphatic carbocycles. The quantitative estimate of drug-likeness (QED) is 0.682. The Bertz CT molecular complexity index is 661. The molecule has 0 radical (unpaired) electrons. The first-order valence-electron chi connectivity index (χ1n) is 9.13. The van der Waals surface area contributed by atoms with E-state index in [1.807, 2.05) is 41.3 Å². The molecular weight excluding hydrogens is 360 g/mol. The molecule has 0 bridgehead atoms. The average Bonchev–Trinajstić information content (AvgIpc) is 2.72. The van der Waals surface area contributed by atoms with Crippen molar-refractivity contribution in [1.82, 2.24) is 9.80 Å². The molecule has 0 saturated carbocycles. The minimum absolute atomic E-state index is 0. The number of rotatable bonds is 7. The van der Waals surface area contributed by atoms with E-state index in [2.05, 4.69) is 35.7 Å². The Hall–Kier alpha value is -2.14. The van der Waals surface area contributed by atoms with Crippen molar-refractivity contribution in [1.29, 1.82) is 0 Å². The second-order valence-electron chi connectivity index (χ2n) is 6.44. The third-order valence-electron chi connectivity index (χ3n) is 4.76. The van der Waals surface area contributed by atoms with Crippen LogP contribution < -0.4 is 0 Å². The monoisotopic (exact) mass is 386 g/mol. The first-order chi connectivity index (χ1) is 12.8. The van der Waals surface area contributed by atoms with Gasteiger partial charge >= 0.3 is 0 Å². The number of benzene rings is 2. The van der Waals surface area contributed by atoms with Gasteiger partial charge in [0, 0.05) is 32.7 Å². The Morgan fingerprint density at radius 3 is 1.96 bits per heavy atom. The van der Waals surface area contributed by atoms with Gasteiger partial charge in [-0.05, 0) is 17.2 Å². The molecule has 3 rings (SSSR count). The van der Waals surface area contributed by atoms with Gasteiger partial charge in [-0.3, -0.25) is 9.69 Å². The van der Waals surface area contributed by atoms with E-state index in [-0.39, 0.29) is 24.4 Å². The van der Waals surface area contributed by atoms with E-state index >= 15 is 0 Å². The first-order valence-corrected chi connectivity index (χ1v) is 9.13. The van der Waals surface area contributed by atoms with Crippen molar-refractivity contribution < 1.29 is 9.53 Å². The number of hydrogen-bond donors (Lipinski definition) is 0. The zero-order valence-electron chi connectivity index (χ0n) is 15.5. The highest BCUT2D eigenvalue weighted by molar-refractivity contribution is 5.87. The van der Waals surface area contributed by atoms with Crippen LogP contribution in [0, 0.1) is 0 Å². The van der Waals surface area contributed by atoms with E-state index in [0.29, 0.717) is 6.61 Å². The molecule has 5 heteroatoms. The average molecular weight is 387 g/mol. The van der Waals surface area contributed by atoms with E-state index in [1.54, 1.807) is 0 Å². The molecule has 0 spiro atoms. The normalized spacial score (nSPS) is 14.6. The molecular formula is C22H27ClN2O2. The van der Waals surface area contributed by atoms with Crippen LogP contribution in [0.4, 0.5) is 0 Å². The highest BCUT2D eigenvalue weighted by atomic mass is 35.5. The third-order valence-corrected chi connectivity index (χ3v) is 4.76. The fourth-order valence-electron chi connectivity index (χ4n) is 3.26. The number of carbonyl (C=O) groups excluding carboxylic acids is 1. The van der Waals surface area contributed by atoms with E-state index in [1.165, 1.54) is 17.2 Å². The molecule has 4 nitrogen and oxygen atoms in total. The van der Waals surface area contributed by atoms with Crippen LogP contribution >= 0.6 is 12.4 Å². The summed E-state index contributed by atoms with van der Waals surface area (Å²) >= 11 is 0. The molecule has 0 atom stereocenters. The van der Waals surface area contributed by atoms with Gasteiger partial charge in [0.15, 0.2) is 0 Å². The summed E-state index contributed by atoms with van der Waals surface area (Å²) in [6, 6.07) is 20.7. The van der Waals surface area contributed by atoms with Gasteiger partial charge in [0.05, 0.1) is 6.61 Å². The predicted octanol–water partition coefficient (Wildman–Crippen LogP) is 3.54. The molecule has 1 amide bonds. The Labute approximate surface area is 167 Å². The lowest BCUT2D eigenvalue weighted by Crippen LogP contribution is -2.49. The van der Waals surface area contributed by atoms with Crippen LogP contribution in [0.1, 0.15) is 17.2 Å². The zero-order chi connectivity index (χ0) is 18.2. The highest BCUT2D eigenvalue weighted by Crippen LogP contribution is 2.25. The molecule has 0 N–H and O–H groups in total. The molecule has 144 valence electrons. The number of ether oxygens (including phenoxy) is 1. The summed E-state index contributed by atoms with van der Waals surface area (Å²) in [5.41, 5.74) is 2.33. The van der Waals surface area contributed by atoms with Gasteiger partial charge in [-0.15, -0.1) is 12.4 Å². The SMILES string of the molecule is C=CC(=O)N1CCN(CCOC(c2ccccc2)c2ccccc2)CC1.Cl. The topological polar surface area (TPSA) is 32.8 Å². The van der Waals surface area contributed by atoms with E-state index in [0.717, 1.165) is 32.7 Å². The van der Waals surface area contributed by atoms with Crippen LogP contribution in [0.15, 0.2) is 73.3 Å². The second kappa shape index (κ2) is 10.9. The van der Waals surface area contributed by atoms with Crippen LogP contribution in [0.3, 0.4) is 0 Å². The molecule has 1 aliphatic heterocycles. The number of hydrogen-bond acceptors (Lipinski definition) is 3. The number of amides is 1. The van der Waals surface area contributed by atoms with E-state index < -0.39 is 0 Å². The molecule has 1 heterocycles. The number of piperazine rings is 1. The number of carbonyl (C=O) groups is 1. The first kappa shape index (κ1) is 21.2. The van der Waals surface area contributed by atoms with Crippen LogP contribution in [0.5, 0.6) is 0 Å². The van der Waals surface area contributed by atoms with Gasteiger partial charge in [-0.2, -0.15) is 0 Å². The maximum Gasteiger partial charge on any atom is 0.246 e. The predicted molar refractivity (Wildman–Crippen MR) is 111 cm³/mol. The summed E-state index contributed by atoms with van der Waals surface area (Å²) in [4.78, 5) is 15.9. The maximum atomic E-state index is 11.7. The Kier molecular flexibility index (Phi) is 8.52. The summed E-state index contributed by atoms with van der Waals surface area (Å²) < 4.78 is 6.27. The lowest BCUT2D eigenvalue weighted by Gasteiger charge is -2.34. The Morgan fingerprint density at radius 2 is 1.48 bits per heavy atom. The lowest BCUT2D eigenvalue weighted by molar-refractivity contribution is -0.127. The minimum Gasteiger partial charge on any atom is -0.367 e. The smallest absolute Gasteiger partial charge is 0.246 e. The van der Waals surface area contributed by atoms with E-state index in [9.17, 15) is 4.79 Å². The van der Waals surface area contributed by atoms with Crippen molar-refractivity contribution in [2.24, 2.45) is 0 Å². The van der Waals surface area contributed by atoms with Crippen molar-refractivity contribution in [3.8, 4) is 0 Å². The van der Waals surface area contributed by atoms with Gasteiger partial charge in [0.1, 0.15) is 6.10 Å². The molecule has 27 heavy (non-hydrogen) atoms. The Balaban J connectivity index is 0.00000261. The molecule has 0 aromatic heterocycles. The third kappa shape index (κ3) is 5.93. The number of halogens is 1. The minimum atomic E-state index is -0.0546. The summed E-state index contributed by atoms with van der Waals surface area (Å²) in [5.74, 6) is 0.0223. The molecule has 2 aromatic carbocycles. The van der Waals surface area contributed by atoms with E-state index in [4.69, 9.17) is 4.74 Å². The van der Waals surface area contributed by atoms with Crippen molar-refractivity contribution in [3.63, 3.8) is 0 Å². The second-order valence-corrected chi connectivity index (χ2v) is 6.44. The molecule has 1 fully saturated rings. The van der Waals surface area contributed by atoms with Crippen LogP contribution in [0.2, 0.25) is 0 Å². The van der Waals surface area contributed by atoms with Gasteiger partial charge in [0.2, 0.25) is 5.91 Å². The Morgan fingerprint density at radius 1 is 0.963 bits per heavy atom. The highest BCUT2D eigenvalue weighted by Gasteiger charge is 2.20. The van der Waals surface area contributed by atoms with Crippen LogP contribution in [-0.2, 0) is 9.53 Å². The summed E-state index contributed by atoms with van der Waals surface area (Å²) in [6.45, 7) is 8.35. The largest absolute Gasteiger partial charge is 0.367 e. The summed E-state index contributed by atoms with van der Waals surface area (Å²) in [7, 11) is 0. The van der Waals surface area contributed by atoms with Crippen LogP contribution in [-0.4, -0.2) is 55.0 Å². The summed E-state index contributed by atoms with van der Waals surface area (Å²) in [6.07, 6.45) is 1.34. The summed E-state index contributed by atoms with van der Waals surface area (Å²) in [5, 5.41) is 0. The maximum absolute atomic E-state index is 11.7. The number of nitrogens with zero attached hydrogens (tertiary/aromatic N) is 2. The molecule has 1 saturated heterocycles. The molecule has 2 aromatic rings. The van der Waals surface area contributed by atoms with Crippen molar-refractivity contribution in [3.05, 3.63) is 84.4 Å². The van der Waals surface area contributed by atoms with Crippen molar-refractivity contribution in [2.75, 3.05) is 39.3 Å². The van der Waals surface area contributed by atoms with Crippen molar-refractivity contribution >= 4 is 18.3 Å². The lowest BCUT2D eigenvalue weighted by atomic mass is 10.0. The fraction of sp³-hybridized carbons (Fsp3) is 0.318. The molecule has 0 unspecified atom stereocenters. The van der Waals surface area contributed by atoms with Crippen LogP contribution in [0.25, 0.3) is 0 Å². The standard InChI is InChI=1S/C22H26N2O2.ClH/c1-2-21(25)24-15-13-23(14-16-24)17-18-26-22(19-9-5-3-6-10-19)20-11-7-4-8-12-20;/h2-12,22H,1,13-18H2;1H. The van der Waals surface area contributed by atoms with Gasteiger partial charge < -0.3 is 9.64 Å². The van der Waals surface area contributed by atoms with Gasteiger partial charge in [-0.25, -0.2) is 0 Å². The molecule has 1 aliphatic rings. The fourth-order valence-corrected chi connectivity index (χ4v) is 3.26. The van der Waals surface area contributed by atoms with Gasteiger partial charge in [0.25, 0.3) is 0 Å². The zero-order valence-corrected chi connectivity index (χ0v) is 16.3. The van der Waals surface area contributed by atoms with Crippen molar-refractivity contribution in [2.45, 2.75) is 6.10 Å².